The molecule has 0 aliphatic heterocycles. The van der Waals surface area contributed by atoms with Crippen molar-refractivity contribution in [2.24, 2.45) is 11.8 Å². The Hall–Kier alpha value is -2.42. The zero-order valence-corrected chi connectivity index (χ0v) is 11.9. The summed E-state index contributed by atoms with van der Waals surface area (Å²) < 4.78 is 13.2. The van der Waals surface area contributed by atoms with E-state index in [2.05, 4.69) is 10.6 Å². The van der Waals surface area contributed by atoms with Gasteiger partial charge in [0.1, 0.15) is 11.9 Å². The molecule has 2 aliphatic carbocycles. The summed E-state index contributed by atoms with van der Waals surface area (Å²) in [6.07, 6.45) is 4.41. The zero-order valence-electron chi connectivity index (χ0n) is 11.9. The van der Waals surface area contributed by atoms with Crippen molar-refractivity contribution < 1.29 is 14.0 Å². The Morgan fingerprint density at radius 1 is 1.18 bits per heavy atom. The van der Waals surface area contributed by atoms with Gasteiger partial charge in [-0.2, -0.15) is 5.26 Å². The van der Waals surface area contributed by atoms with Crippen LogP contribution in [0.3, 0.4) is 0 Å². The van der Waals surface area contributed by atoms with Gasteiger partial charge in [-0.15, -0.1) is 0 Å². The Morgan fingerprint density at radius 2 is 1.82 bits per heavy atom. The number of anilines is 1. The largest absolute Gasteiger partial charge is 0.345 e. The topological polar surface area (TPSA) is 82.0 Å². The minimum absolute atomic E-state index is 0.0983. The SMILES string of the molecule is N#Cc1cc(NC(=O)C(=O)NC(C2CC2)C2CC2)ccc1F. The van der Waals surface area contributed by atoms with Gasteiger partial charge < -0.3 is 10.6 Å². The van der Waals surface area contributed by atoms with E-state index in [1.807, 2.05) is 0 Å². The van der Waals surface area contributed by atoms with E-state index in [4.69, 9.17) is 5.26 Å². The molecule has 2 N–H and O–H groups in total. The van der Waals surface area contributed by atoms with Crippen molar-refractivity contribution in [2.75, 3.05) is 5.32 Å². The van der Waals surface area contributed by atoms with E-state index in [-0.39, 0.29) is 17.3 Å². The van der Waals surface area contributed by atoms with Crippen LogP contribution in [-0.4, -0.2) is 17.9 Å². The summed E-state index contributed by atoms with van der Waals surface area (Å²) in [5.74, 6) is -1.12. The lowest BCUT2D eigenvalue weighted by molar-refractivity contribution is -0.136. The number of amides is 2. The summed E-state index contributed by atoms with van der Waals surface area (Å²) >= 11 is 0. The number of halogens is 1. The van der Waals surface area contributed by atoms with E-state index in [1.54, 1.807) is 6.07 Å². The first-order valence-electron chi connectivity index (χ1n) is 7.40. The van der Waals surface area contributed by atoms with Crippen molar-refractivity contribution in [3.8, 4) is 6.07 Å². The van der Waals surface area contributed by atoms with Gasteiger partial charge in [-0.05, 0) is 55.7 Å². The predicted octanol–water partition coefficient (Wildman–Crippen LogP) is 1.94. The van der Waals surface area contributed by atoms with Crippen LogP contribution in [0, 0.1) is 29.0 Å². The molecule has 2 aliphatic rings. The molecule has 1 aromatic carbocycles. The molecule has 3 rings (SSSR count). The Morgan fingerprint density at radius 3 is 2.36 bits per heavy atom. The van der Waals surface area contributed by atoms with Crippen molar-refractivity contribution in [2.45, 2.75) is 31.7 Å². The molecule has 6 heteroatoms. The third-order valence-electron chi connectivity index (χ3n) is 4.11. The van der Waals surface area contributed by atoms with Crippen LogP contribution in [-0.2, 0) is 9.59 Å². The van der Waals surface area contributed by atoms with E-state index >= 15 is 0 Å². The molecule has 0 radical (unpaired) electrons. The summed E-state index contributed by atoms with van der Waals surface area (Å²) in [6.45, 7) is 0. The van der Waals surface area contributed by atoms with Gasteiger partial charge >= 0.3 is 11.8 Å². The molecule has 0 heterocycles. The summed E-state index contributed by atoms with van der Waals surface area (Å²) in [4.78, 5) is 23.9. The summed E-state index contributed by atoms with van der Waals surface area (Å²) in [6, 6.07) is 5.40. The second-order valence-corrected chi connectivity index (χ2v) is 5.93. The van der Waals surface area contributed by atoms with Crippen LogP contribution in [0.1, 0.15) is 31.2 Å². The molecule has 0 atom stereocenters. The third-order valence-corrected chi connectivity index (χ3v) is 4.11. The molecule has 1 aromatic rings. The monoisotopic (exact) mass is 301 g/mol. The summed E-state index contributed by atoms with van der Waals surface area (Å²) in [7, 11) is 0. The fourth-order valence-electron chi connectivity index (χ4n) is 2.62. The standard InChI is InChI=1S/C16H16FN3O2/c17-13-6-5-12(7-11(13)8-18)19-15(21)16(22)20-14(9-1-2-9)10-3-4-10/h5-7,9-10,14H,1-4H2,(H,19,21)(H,20,22). The molecule has 0 spiro atoms. The quantitative estimate of drug-likeness (QED) is 0.834. The number of rotatable bonds is 4. The lowest BCUT2D eigenvalue weighted by Gasteiger charge is -2.17. The van der Waals surface area contributed by atoms with Crippen molar-refractivity contribution >= 4 is 17.5 Å². The van der Waals surface area contributed by atoms with Gasteiger partial charge in [-0.3, -0.25) is 9.59 Å². The van der Waals surface area contributed by atoms with Crippen molar-refractivity contribution in [3.05, 3.63) is 29.6 Å². The molecular weight excluding hydrogens is 285 g/mol. The molecule has 22 heavy (non-hydrogen) atoms. The average Bonchev–Trinajstić information content (AvgIpc) is 3.39. The number of nitriles is 1. The Kier molecular flexibility index (Phi) is 3.80. The van der Waals surface area contributed by atoms with Crippen LogP contribution in [0.15, 0.2) is 18.2 Å². The van der Waals surface area contributed by atoms with Gasteiger partial charge in [0.25, 0.3) is 0 Å². The van der Waals surface area contributed by atoms with Crippen LogP contribution in [0.4, 0.5) is 10.1 Å². The van der Waals surface area contributed by atoms with Crippen molar-refractivity contribution in [3.63, 3.8) is 0 Å². The number of hydrogen-bond acceptors (Lipinski definition) is 3. The highest BCUT2D eigenvalue weighted by Gasteiger charge is 2.42. The lowest BCUT2D eigenvalue weighted by Crippen LogP contribution is -2.44. The molecular formula is C16H16FN3O2. The fraction of sp³-hybridized carbons (Fsp3) is 0.438. The van der Waals surface area contributed by atoms with E-state index in [0.29, 0.717) is 11.8 Å². The maximum absolute atomic E-state index is 13.2. The maximum atomic E-state index is 13.2. The molecule has 114 valence electrons. The summed E-state index contributed by atoms with van der Waals surface area (Å²) in [5, 5.41) is 14.0. The first-order valence-corrected chi connectivity index (χ1v) is 7.40. The first kappa shape index (κ1) is 14.5. The molecule has 0 bridgehead atoms. The first-order chi connectivity index (χ1) is 10.6. The van der Waals surface area contributed by atoms with Gasteiger partial charge in [0.15, 0.2) is 0 Å². The average molecular weight is 301 g/mol. The van der Waals surface area contributed by atoms with Gasteiger partial charge in [0, 0.05) is 11.7 Å². The lowest BCUT2D eigenvalue weighted by atomic mass is 10.1. The van der Waals surface area contributed by atoms with E-state index in [0.717, 1.165) is 31.7 Å². The van der Waals surface area contributed by atoms with Crippen LogP contribution < -0.4 is 10.6 Å². The summed E-state index contributed by atoms with van der Waals surface area (Å²) in [5.41, 5.74) is 0.0551. The highest BCUT2D eigenvalue weighted by atomic mass is 19.1. The van der Waals surface area contributed by atoms with Crippen LogP contribution in [0.25, 0.3) is 0 Å². The van der Waals surface area contributed by atoms with Gasteiger partial charge in [-0.1, -0.05) is 0 Å². The smallest absolute Gasteiger partial charge is 0.313 e. The van der Waals surface area contributed by atoms with Crippen LogP contribution in [0.2, 0.25) is 0 Å². The van der Waals surface area contributed by atoms with Gasteiger partial charge in [-0.25, -0.2) is 4.39 Å². The van der Waals surface area contributed by atoms with Crippen LogP contribution in [0.5, 0.6) is 0 Å². The number of carbonyl (C=O) groups is 2. The molecule has 0 aromatic heterocycles. The van der Waals surface area contributed by atoms with E-state index in [9.17, 15) is 14.0 Å². The molecule has 0 unspecified atom stereocenters. The normalized spacial score (nSPS) is 17.0. The molecule has 5 nitrogen and oxygen atoms in total. The second kappa shape index (κ2) is 5.76. The highest BCUT2D eigenvalue weighted by molar-refractivity contribution is 6.39. The predicted molar refractivity (Wildman–Crippen MR) is 77.1 cm³/mol. The minimum atomic E-state index is -0.790. The molecule has 2 saturated carbocycles. The van der Waals surface area contributed by atoms with Crippen LogP contribution >= 0.6 is 0 Å². The Balaban J connectivity index is 1.61. The number of benzene rings is 1. The van der Waals surface area contributed by atoms with E-state index < -0.39 is 17.6 Å². The fourth-order valence-corrected chi connectivity index (χ4v) is 2.62. The maximum Gasteiger partial charge on any atom is 0.313 e. The Labute approximate surface area is 127 Å². The number of nitrogens with zero attached hydrogens (tertiary/aromatic N) is 1. The minimum Gasteiger partial charge on any atom is -0.345 e. The van der Waals surface area contributed by atoms with Gasteiger partial charge in [0.2, 0.25) is 0 Å². The number of carbonyl (C=O) groups excluding carboxylic acids is 2. The van der Waals surface area contributed by atoms with Crippen molar-refractivity contribution in [1.29, 1.82) is 5.26 Å². The second-order valence-electron chi connectivity index (χ2n) is 5.93. The molecule has 2 amide bonds. The highest BCUT2D eigenvalue weighted by Crippen LogP contribution is 2.44. The van der Waals surface area contributed by atoms with Crippen molar-refractivity contribution in [1.82, 2.24) is 5.32 Å². The zero-order chi connectivity index (χ0) is 15.7. The Bertz CT molecular complexity index is 648. The number of hydrogen-bond donors (Lipinski definition) is 2. The van der Waals surface area contributed by atoms with Gasteiger partial charge in [0.05, 0.1) is 5.56 Å². The number of nitrogens with one attached hydrogen (secondary N) is 2. The molecule has 2 fully saturated rings. The van der Waals surface area contributed by atoms with E-state index in [1.165, 1.54) is 12.1 Å². The third kappa shape index (κ3) is 3.25. The molecule has 0 saturated heterocycles.